The maximum atomic E-state index is 13.9. The van der Waals surface area contributed by atoms with Crippen molar-refractivity contribution in [2.24, 2.45) is 0 Å². The Bertz CT molecular complexity index is 908. The predicted molar refractivity (Wildman–Crippen MR) is 98.8 cm³/mol. The lowest BCUT2D eigenvalue weighted by atomic mass is 9.84. The number of nitrogens with zero attached hydrogens (tertiary/aromatic N) is 3. The van der Waals surface area contributed by atoms with Gasteiger partial charge in [-0.2, -0.15) is 8.42 Å². The molecule has 138 valence electrons. The van der Waals surface area contributed by atoms with Gasteiger partial charge in [-0.25, -0.2) is 8.70 Å². The second-order valence-electron chi connectivity index (χ2n) is 7.00. The molecule has 0 radical (unpaired) electrons. The van der Waals surface area contributed by atoms with E-state index in [1.54, 1.807) is 36.7 Å². The standard InChI is InChI=1S/C18H21FN4O2S/c1-14-12-18(7-10-21-14)13-22(16-5-8-20-9-6-16)26(24,25)23(18)17-4-2-3-15(19)11-17/h2-6,8-9,11,14,21H,7,10,12-13H2,1H3/t14-,18+/m0/s1. The van der Waals surface area contributed by atoms with Gasteiger partial charge in [0.05, 0.1) is 23.5 Å². The summed E-state index contributed by atoms with van der Waals surface area (Å²) in [6, 6.07) is 9.37. The van der Waals surface area contributed by atoms with Gasteiger partial charge in [0.1, 0.15) is 5.82 Å². The van der Waals surface area contributed by atoms with E-state index in [9.17, 15) is 12.8 Å². The quantitative estimate of drug-likeness (QED) is 0.874. The van der Waals surface area contributed by atoms with Crippen LogP contribution < -0.4 is 13.9 Å². The molecule has 6 nitrogen and oxygen atoms in total. The average Bonchev–Trinajstić information content (AvgIpc) is 2.82. The predicted octanol–water partition coefficient (Wildman–Crippen LogP) is 2.30. The molecule has 0 aliphatic carbocycles. The summed E-state index contributed by atoms with van der Waals surface area (Å²) < 4.78 is 43.7. The van der Waals surface area contributed by atoms with Gasteiger partial charge in [0.2, 0.25) is 0 Å². The Morgan fingerprint density at radius 2 is 2.00 bits per heavy atom. The smallest absolute Gasteiger partial charge is 0.314 e. The first-order valence-electron chi connectivity index (χ1n) is 8.64. The van der Waals surface area contributed by atoms with Crippen LogP contribution in [0.1, 0.15) is 19.8 Å². The number of halogens is 1. The van der Waals surface area contributed by atoms with Crippen molar-refractivity contribution in [1.29, 1.82) is 0 Å². The van der Waals surface area contributed by atoms with Crippen LogP contribution in [0.2, 0.25) is 0 Å². The van der Waals surface area contributed by atoms with Crippen LogP contribution in [0, 0.1) is 5.82 Å². The molecule has 2 aromatic rings. The minimum atomic E-state index is -3.84. The third-order valence-electron chi connectivity index (χ3n) is 5.14. The van der Waals surface area contributed by atoms with E-state index in [4.69, 9.17) is 0 Å². The van der Waals surface area contributed by atoms with Crippen molar-refractivity contribution in [2.45, 2.75) is 31.3 Å². The van der Waals surface area contributed by atoms with Crippen LogP contribution in [0.3, 0.4) is 0 Å². The third-order valence-corrected chi connectivity index (χ3v) is 7.10. The zero-order valence-corrected chi connectivity index (χ0v) is 15.3. The Morgan fingerprint density at radius 1 is 1.23 bits per heavy atom. The molecule has 2 atom stereocenters. The van der Waals surface area contributed by atoms with Crippen LogP contribution in [0.4, 0.5) is 15.8 Å². The van der Waals surface area contributed by atoms with E-state index < -0.39 is 21.6 Å². The van der Waals surface area contributed by atoms with E-state index in [1.807, 2.05) is 6.92 Å². The van der Waals surface area contributed by atoms with E-state index in [2.05, 4.69) is 10.3 Å². The first-order chi connectivity index (χ1) is 12.4. The Morgan fingerprint density at radius 3 is 2.69 bits per heavy atom. The minimum absolute atomic E-state index is 0.174. The van der Waals surface area contributed by atoms with E-state index in [0.717, 1.165) is 0 Å². The van der Waals surface area contributed by atoms with E-state index in [-0.39, 0.29) is 6.04 Å². The molecule has 8 heteroatoms. The lowest BCUT2D eigenvalue weighted by Gasteiger charge is -2.42. The lowest BCUT2D eigenvalue weighted by Crippen LogP contribution is -2.56. The molecule has 3 heterocycles. The largest absolute Gasteiger partial charge is 0.327 e. The van der Waals surface area contributed by atoms with Gasteiger partial charge in [-0.1, -0.05) is 6.07 Å². The number of hydrogen-bond donors (Lipinski definition) is 1. The summed E-state index contributed by atoms with van der Waals surface area (Å²) in [5.74, 6) is -0.447. The Balaban J connectivity index is 1.87. The summed E-state index contributed by atoms with van der Waals surface area (Å²) in [7, 11) is -3.84. The van der Waals surface area contributed by atoms with Gasteiger partial charge < -0.3 is 5.32 Å². The monoisotopic (exact) mass is 376 g/mol. The third kappa shape index (κ3) is 2.73. The molecule has 1 aromatic heterocycles. The number of pyridine rings is 1. The highest BCUT2D eigenvalue weighted by Crippen LogP contribution is 2.44. The van der Waals surface area contributed by atoms with Crippen molar-refractivity contribution in [3.63, 3.8) is 0 Å². The van der Waals surface area contributed by atoms with Crippen molar-refractivity contribution < 1.29 is 12.8 Å². The molecule has 26 heavy (non-hydrogen) atoms. The number of hydrogen-bond acceptors (Lipinski definition) is 4. The maximum Gasteiger partial charge on any atom is 0.327 e. The lowest BCUT2D eigenvalue weighted by molar-refractivity contribution is 0.286. The summed E-state index contributed by atoms with van der Waals surface area (Å²) in [5, 5.41) is 3.37. The Labute approximate surface area is 152 Å². The van der Waals surface area contributed by atoms with Gasteiger partial charge >= 0.3 is 10.2 Å². The van der Waals surface area contributed by atoms with Gasteiger partial charge in [-0.3, -0.25) is 9.29 Å². The van der Waals surface area contributed by atoms with E-state index >= 15 is 0 Å². The van der Waals surface area contributed by atoms with Crippen LogP contribution in [0.25, 0.3) is 0 Å². The molecule has 0 bridgehead atoms. The van der Waals surface area contributed by atoms with Crippen LogP contribution in [-0.2, 0) is 10.2 Å². The molecular weight excluding hydrogens is 355 g/mol. The Kier molecular flexibility index (Phi) is 4.11. The van der Waals surface area contributed by atoms with Gasteiger partial charge in [0, 0.05) is 18.4 Å². The first-order valence-corrected chi connectivity index (χ1v) is 10.0. The zero-order chi connectivity index (χ0) is 18.4. The molecule has 4 rings (SSSR count). The summed E-state index contributed by atoms with van der Waals surface area (Å²) in [6.07, 6.45) is 4.47. The first kappa shape index (κ1) is 17.2. The minimum Gasteiger partial charge on any atom is -0.314 e. The van der Waals surface area contributed by atoms with Gasteiger partial charge in [0.15, 0.2) is 0 Å². The number of anilines is 2. The molecule has 0 amide bonds. The highest BCUT2D eigenvalue weighted by atomic mass is 32.2. The van der Waals surface area contributed by atoms with Crippen LogP contribution >= 0.6 is 0 Å². The SMILES string of the molecule is C[C@H]1C[C@]2(CCN1)CN(c1ccncc1)S(=O)(=O)N2c1cccc(F)c1. The molecule has 2 aliphatic rings. The van der Waals surface area contributed by atoms with Gasteiger partial charge in [0.25, 0.3) is 0 Å². The second kappa shape index (κ2) is 6.21. The van der Waals surface area contributed by atoms with E-state index in [0.29, 0.717) is 37.3 Å². The van der Waals surface area contributed by atoms with Gasteiger partial charge in [-0.05, 0) is 56.6 Å². The summed E-state index contributed by atoms with van der Waals surface area (Å²) in [4.78, 5) is 3.97. The molecule has 2 fully saturated rings. The zero-order valence-electron chi connectivity index (χ0n) is 14.5. The van der Waals surface area contributed by atoms with E-state index in [1.165, 1.54) is 20.7 Å². The molecule has 1 spiro atoms. The highest BCUT2D eigenvalue weighted by Gasteiger charge is 2.55. The number of rotatable bonds is 2. The fourth-order valence-corrected chi connectivity index (χ4v) is 6.21. The summed E-state index contributed by atoms with van der Waals surface area (Å²) >= 11 is 0. The molecule has 0 unspecified atom stereocenters. The summed E-state index contributed by atoms with van der Waals surface area (Å²) in [6.45, 7) is 3.10. The van der Waals surface area contributed by atoms with Crippen LogP contribution in [0.5, 0.6) is 0 Å². The molecule has 1 N–H and O–H groups in total. The van der Waals surface area contributed by atoms with Crippen LogP contribution in [0.15, 0.2) is 48.8 Å². The molecule has 1 aromatic carbocycles. The number of nitrogens with one attached hydrogen (secondary N) is 1. The molecule has 0 saturated carbocycles. The van der Waals surface area contributed by atoms with Gasteiger partial charge in [-0.15, -0.1) is 0 Å². The highest BCUT2D eigenvalue weighted by molar-refractivity contribution is 7.94. The van der Waals surface area contributed by atoms with Crippen molar-refractivity contribution in [3.05, 3.63) is 54.6 Å². The van der Waals surface area contributed by atoms with Crippen molar-refractivity contribution in [3.8, 4) is 0 Å². The van der Waals surface area contributed by atoms with Crippen molar-refractivity contribution in [1.82, 2.24) is 10.3 Å². The average molecular weight is 376 g/mol. The fraction of sp³-hybridized carbons (Fsp3) is 0.389. The fourth-order valence-electron chi connectivity index (χ4n) is 4.12. The van der Waals surface area contributed by atoms with Crippen LogP contribution in [-0.4, -0.2) is 38.1 Å². The molecular formula is C18H21FN4O2S. The number of piperidine rings is 1. The number of aromatic nitrogens is 1. The normalized spacial score (nSPS) is 27.8. The topological polar surface area (TPSA) is 65.5 Å². The van der Waals surface area contributed by atoms with Crippen molar-refractivity contribution >= 4 is 21.6 Å². The summed E-state index contributed by atoms with van der Waals surface area (Å²) in [5.41, 5.74) is 0.334. The number of benzene rings is 1. The second-order valence-corrected chi connectivity index (χ2v) is 8.70. The molecule has 2 saturated heterocycles. The van der Waals surface area contributed by atoms with Crippen molar-refractivity contribution in [2.75, 3.05) is 21.7 Å². The maximum absolute atomic E-state index is 13.9. The molecule has 2 aliphatic heterocycles. The Hall–Kier alpha value is -2.19.